The van der Waals surface area contributed by atoms with E-state index in [1.54, 1.807) is 0 Å². The number of piperazine rings is 1. The van der Waals surface area contributed by atoms with Crippen molar-refractivity contribution in [2.45, 2.75) is 64.1 Å². The Kier molecular flexibility index (Phi) is 4.68. The van der Waals surface area contributed by atoms with Crippen LogP contribution in [0.5, 0.6) is 0 Å². The summed E-state index contributed by atoms with van der Waals surface area (Å²) in [7, 11) is 1.82. The summed E-state index contributed by atoms with van der Waals surface area (Å²) in [5.74, 6) is 0.942. The molecule has 106 valence electrons. The number of nitrogens with zero attached hydrogens (tertiary/aromatic N) is 1. The van der Waals surface area contributed by atoms with Gasteiger partial charge in [-0.15, -0.1) is 0 Å². The van der Waals surface area contributed by atoms with Gasteiger partial charge in [0.15, 0.2) is 0 Å². The number of nitrogens with one attached hydrogen (secondary N) is 1. The predicted octanol–water partition coefficient (Wildman–Crippen LogP) is 2.26. The lowest BCUT2D eigenvalue weighted by Gasteiger charge is -2.50. The highest BCUT2D eigenvalue weighted by Crippen LogP contribution is 2.37. The highest BCUT2D eigenvalue weighted by Gasteiger charge is 2.43. The average molecular weight is 254 g/mol. The Hall–Kier alpha value is -0.120. The number of rotatable bonds is 6. The van der Waals surface area contributed by atoms with Crippen molar-refractivity contribution in [2.24, 2.45) is 5.92 Å². The highest BCUT2D eigenvalue weighted by atomic mass is 16.5. The average Bonchev–Trinajstić information content (AvgIpc) is 3.23. The third-order valence-electron chi connectivity index (χ3n) is 5.17. The third kappa shape index (κ3) is 2.89. The van der Waals surface area contributed by atoms with Gasteiger partial charge in [0.2, 0.25) is 0 Å². The van der Waals surface area contributed by atoms with Crippen LogP contribution in [0.25, 0.3) is 0 Å². The summed E-state index contributed by atoms with van der Waals surface area (Å²) in [6, 6.07) is 0.722. The van der Waals surface area contributed by atoms with E-state index in [4.69, 9.17) is 4.74 Å². The lowest BCUT2D eigenvalue weighted by Crippen LogP contribution is -2.65. The molecule has 3 nitrogen and oxygen atoms in total. The molecule has 0 aromatic carbocycles. The standard InChI is InChI=1S/C15H30N2O/c1-5-15(6-2)11-16-14(13-7-8-13)10-17(15)9-12(3)18-4/h12-14,16H,5-11H2,1-4H3. The Morgan fingerprint density at radius 2 is 2.00 bits per heavy atom. The summed E-state index contributed by atoms with van der Waals surface area (Å²) in [6.07, 6.45) is 5.64. The second kappa shape index (κ2) is 5.89. The maximum Gasteiger partial charge on any atom is 0.0670 e. The molecule has 18 heavy (non-hydrogen) atoms. The summed E-state index contributed by atoms with van der Waals surface area (Å²) < 4.78 is 5.48. The van der Waals surface area contributed by atoms with Crippen LogP contribution in [0.2, 0.25) is 0 Å². The lowest BCUT2D eigenvalue weighted by molar-refractivity contribution is -0.0148. The van der Waals surface area contributed by atoms with Crippen LogP contribution in [0.15, 0.2) is 0 Å². The molecule has 1 saturated carbocycles. The Morgan fingerprint density at radius 3 is 2.50 bits per heavy atom. The van der Waals surface area contributed by atoms with Crippen molar-refractivity contribution in [3.05, 3.63) is 0 Å². The number of hydrogen-bond acceptors (Lipinski definition) is 3. The molecule has 2 aliphatic rings. The summed E-state index contributed by atoms with van der Waals surface area (Å²) >= 11 is 0. The zero-order valence-electron chi connectivity index (χ0n) is 12.5. The molecule has 3 heteroatoms. The quantitative estimate of drug-likeness (QED) is 0.787. The highest BCUT2D eigenvalue weighted by molar-refractivity contribution is 5.01. The molecule has 2 atom stereocenters. The maximum absolute atomic E-state index is 5.48. The van der Waals surface area contributed by atoms with Gasteiger partial charge in [0.05, 0.1) is 6.10 Å². The van der Waals surface area contributed by atoms with E-state index in [-0.39, 0.29) is 0 Å². The fourth-order valence-electron chi connectivity index (χ4n) is 3.34. The summed E-state index contributed by atoms with van der Waals surface area (Å²) in [5, 5.41) is 3.81. The molecule has 0 radical (unpaired) electrons. The first-order chi connectivity index (χ1) is 8.65. The minimum atomic E-state index is 0.334. The fraction of sp³-hybridized carbons (Fsp3) is 1.00. The van der Waals surface area contributed by atoms with Crippen LogP contribution < -0.4 is 5.32 Å². The van der Waals surface area contributed by atoms with Crippen molar-refractivity contribution in [2.75, 3.05) is 26.7 Å². The van der Waals surface area contributed by atoms with E-state index < -0.39 is 0 Å². The zero-order valence-corrected chi connectivity index (χ0v) is 12.5. The lowest BCUT2D eigenvalue weighted by atomic mass is 9.86. The first-order valence-electron chi connectivity index (χ1n) is 7.66. The van der Waals surface area contributed by atoms with Gasteiger partial charge in [-0.1, -0.05) is 13.8 Å². The van der Waals surface area contributed by atoms with E-state index in [2.05, 4.69) is 31.0 Å². The van der Waals surface area contributed by atoms with Gasteiger partial charge in [-0.3, -0.25) is 4.90 Å². The van der Waals surface area contributed by atoms with Crippen molar-refractivity contribution in [1.82, 2.24) is 10.2 Å². The molecule has 1 aliphatic carbocycles. The maximum atomic E-state index is 5.48. The third-order valence-corrected chi connectivity index (χ3v) is 5.17. The van der Waals surface area contributed by atoms with Gasteiger partial charge < -0.3 is 10.1 Å². The molecule has 1 heterocycles. The minimum absolute atomic E-state index is 0.334. The van der Waals surface area contributed by atoms with Gasteiger partial charge in [-0.25, -0.2) is 0 Å². The molecule has 1 N–H and O–H groups in total. The number of hydrogen-bond donors (Lipinski definition) is 1. The molecule has 0 amide bonds. The Bertz CT molecular complexity index is 261. The van der Waals surface area contributed by atoms with Gasteiger partial charge in [-0.05, 0) is 38.5 Å². The fourth-order valence-corrected chi connectivity index (χ4v) is 3.34. The van der Waals surface area contributed by atoms with Crippen LogP contribution in [0.4, 0.5) is 0 Å². The molecule has 1 aliphatic heterocycles. The van der Waals surface area contributed by atoms with Gasteiger partial charge in [-0.2, -0.15) is 0 Å². The van der Waals surface area contributed by atoms with E-state index in [0.717, 1.165) is 25.0 Å². The Labute approximate surface area is 112 Å². The smallest absolute Gasteiger partial charge is 0.0670 e. The molecule has 2 unspecified atom stereocenters. The topological polar surface area (TPSA) is 24.5 Å². The molecule has 0 aromatic heterocycles. The first kappa shape index (κ1) is 14.3. The molecule has 0 aromatic rings. The first-order valence-corrected chi connectivity index (χ1v) is 7.66. The van der Waals surface area contributed by atoms with Gasteiger partial charge in [0, 0.05) is 38.3 Å². The molecule has 0 spiro atoms. The van der Waals surface area contributed by atoms with Crippen molar-refractivity contribution < 1.29 is 4.74 Å². The van der Waals surface area contributed by atoms with Crippen molar-refractivity contribution in [1.29, 1.82) is 0 Å². The molecule has 2 rings (SSSR count). The summed E-state index contributed by atoms with van der Waals surface area (Å²) in [6.45, 7) is 10.3. The van der Waals surface area contributed by atoms with Crippen molar-refractivity contribution >= 4 is 0 Å². The van der Waals surface area contributed by atoms with Crippen LogP contribution >= 0.6 is 0 Å². The zero-order chi connectivity index (χ0) is 13.2. The van der Waals surface area contributed by atoms with E-state index in [9.17, 15) is 0 Å². The van der Waals surface area contributed by atoms with E-state index in [1.165, 1.54) is 32.2 Å². The molecule has 2 fully saturated rings. The largest absolute Gasteiger partial charge is 0.380 e. The predicted molar refractivity (Wildman–Crippen MR) is 75.9 cm³/mol. The number of ether oxygens (including phenoxy) is 1. The Balaban J connectivity index is 2.04. The molecule has 0 bridgehead atoms. The van der Waals surface area contributed by atoms with Crippen molar-refractivity contribution in [3.8, 4) is 0 Å². The second-order valence-electron chi connectivity index (χ2n) is 6.21. The molecular weight excluding hydrogens is 224 g/mol. The SMILES string of the molecule is CCC1(CC)CNC(C2CC2)CN1CC(C)OC. The van der Waals surface area contributed by atoms with Gasteiger partial charge in [0.25, 0.3) is 0 Å². The van der Waals surface area contributed by atoms with Crippen LogP contribution in [-0.4, -0.2) is 49.3 Å². The van der Waals surface area contributed by atoms with Gasteiger partial charge >= 0.3 is 0 Å². The normalized spacial score (nSPS) is 30.3. The van der Waals surface area contributed by atoms with Crippen LogP contribution in [0.1, 0.15) is 46.5 Å². The van der Waals surface area contributed by atoms with E-state index in [1.807, 2.05) is 7.11 Å². The second-order valence-corrected chi connectivity index (χ2v) is 6.21. The van der Waals surface area contributed by atoms with E-state index >= 15 is 0 Å². The monoisotopic (exact) mass is 254 g/mol. The van der Waals surface area contributed by atoms with Crippen LogP contribution in [0, 0.1) is 5.92 Å². The van der Waals surface area contributed by atoms with Crippen LogP contribution in [-0.2, 0) is 4.74 Å². The Morgan fingerprint density at radius 1 is 1.33 bits per heavy atom. The van der Waals surface area contributed by atoms with E-state index in [0.29, 0.717) is 11.6 Å². The summed E-state index contributed by atoms with van der Waals surface area (Å²) in [5.41, 5.74) is 0.345. The summed E-state index contributed by atoms with van der Waals surface area (Å²) in [4.78, 5) is 2.71. The van der Waals surface area contributed by atoms with Crippen molar-refractivity contribution in [3.63, 3.8) is 0 Å². The molecule has 1 saturated heterocycles. The van der Waals surface area contributed by atoms with Crippen LogP contribution in [0.3, 0.4) is 0 Å². The molecular formula is C15H30N2O. The van der Waals surface area contributed by atoms with Gasteiger partial charge in [0.1, 0.15) is 0 Å². The minimum Gasteiger partial charge on any atom is -0.380 e. The number of methoxy groups -OCH3 is 1.